The van der Waals surface area contributed by atoms with Gasteiger partial charge in [-0.2, -0.15) is 0 Å². The minimum atomic E-state index is -3.65. The third-order valence-corrected chi connectivity index (χ3v) is 5.70. The maximum Gasteiger partial charge on any atom is 0.261 e. The molecule has 0 radical (unpaired) electrons. The molecule has 27 heavy (non-hydrogen) atoms. The minimum absolute atomic E-state index is 0.103. The Balaban J connectivity index is 1.63. The number of hydrogen-bond donors (Lipinski definition) is 2. The summed E-state index contributed by atoms with van der Waals surface area (Å²) >= 11 is 0. The summed E-state index contributed by atoms with van der Waals surface area (Å²) in [6.07, 6.45) is 4.58. The van der Waals surface area contributed by atoms with Crippen LogP contribution in [0.5, 0.6) is 0 Å². The Bertz CT molecular complexity index is 963. The zero-order valence-corrected chi connectivity index (χ0v) is 15.9. The van der Waals surface area contributed by atoms with Gasteiger partial charge in [0.05, 0.1) is 6.33 Å². The van der Waals surface area contributed by atoms with Gasteiger partial charge in [0.1, 0.15) is 6.54 Å². The molecular weight excluding hydrogens is 370 g/mol. The van der Waals surface area contributed by atoms with Crippen LogP contribution in [0.3, 0.4) is 0 Å². The van der Waals surface area contributed by atoms with Gasteiger partial charge in [-0.1, -0.05) is 6.07 Å². The SMILES string of the molecule is CN(C)S(=O)(=O)c1cn(CC(=O)Nc2cccc(C(=O)NC3CC3)c2)cn1. The maximum absolute atomic E-state index is 12.2. The number of aromatic nitrogens is 2. The number of sulfonamides is 1. The Morgan fingerprint density at radius 3 is 2.70 bits per heavy atom. The average Bonchev–Trinajstić information content (AvgIpc) is 3.29. The van der Waals surface area contributed by atoms with Gasteiger partial charge >= 0.3 is 0 Å². The summed E-state index contributed by atoms with van der Waals surface area (Å²) in [6.45, 7) is -0.103. The van der Waals surface area contributed by atoms with Gasteiger partial charge in [0.2, 0.25) is 5.91 Å². The minimum Gasteiger partial charge on any atom is -0.349 e. The van der Waals surface area contributed by atoms with E-state index in [-0.39, 0.29) is 29.4 Å². The number of amides is 2. The topological polar surface area (TPSA) is 113 Å². The normalized spacial score (nSPS) is 14.2. The van der Waals surface area contributed by atoms with Crippen LogP contribution in [0, 0.1) is 0 Å². The molecule has 1 aromatic carbocycles. The van der Waals surface area contributed by atoms with Crippen molar-refractivity contribution in [2.45, 2.75) is 30.5 Å². The standard InChI is InChI=1S/C17H21N5O4S/c1-21(2)27(25,26)16-10-22(11-18-16)9-15(23)19-14-5-3-4-12(8-14)17(24)20-13-6-7-13/h3-5,8,10-11,13H,6-7,9H2,1-2H3,(H,19,23)(H,20,24). The highest BCUT2D eigenvalue weighted by Gasteiger charge is 2.24. The molecule has 144 valence electrons. The molecular formula is C17H21N5O4S. The van der Waals surface area contributed by atoms with Gasteiger partial charge in [-0.25, -0.2) is 17.7 Å². The fraction of sp³-hybridized carbons (Fsp3) is 0.353. The van der Waals surface area contributed by atoms with Crippen molar-refractivity contribution in [3.05, 3.63) is 42.4 Å². The molecule has 3 rings (SSSR count). The number of carbonyl (C=O) groups is 2. The summed E-state index contributed by atoms with van der Waals surface area (Å²) in [6, 6.07) is 6.91. The number of hydrogen-bond acceptors (Lipinski definition) is 5. The third-order valence-electron chi connectivity index (χ3n) is 4.00. The number of carbonyl (C=O) groups excluding carboxylic acids is 2. The Hall–Kier alpha value is -2.72. The first-order valence-corrected chi connectivity index (χ1v) is 9.85. The molecule has 10 heteroatoms. The van der Waals surface area contributed by atoms with E-state index < -0.39 is 10.0 Å². The summed E-state index contributed by atoms with van der Waals surface area (Å²) < 4.78 is 26.5. The molecule has 0 aliphatic heterocycles. The molecule has 1 aliphatic rings. The molecule has 2 N–H and O–H groups in total. The van der Waals surface area contributed by atoms with E-state index >= 15 is 0 Å². The van der Waals surface area contributed by atoms with Gasteiger partial charge in [-0.05, 0) is 31.0 Å². The lowest BCUT2D eigenvalue weighted by molar-refractivity contribution is -0.116. The summed E-state index contributed by atoms with van der Waals surface area (Å²) in [5, 5.41) is 5.46. The Morgan fingerprint density at radius 1 is 1.30 bits per heavy atom. The number of imidazole rings is 1. The molecule has 2 aromatic rings. The van der Waals surface area contributed by atoms with Crippen LogP contribution in [-0.2, 0) is 21.4 Å². The molecule has 1 aliphatic carbocycles. The van der Waals surface area contributed by atoms with Crippen LogP contribution in [0.4, 0.5) is 5.69 Å². The second-order valence-corrected chi connectivity index (χ2v) is 8.65. The van der Waals surface area contributed by atoms with E-state index in [4.69, 9.17) is 0 Å². The molecule has 0 unspecified atom stereocenters. The first kappa shape index (κ1) is 19.1. The third kappa shape index (κ3) is 4.72. The zero-order valence-electron chi connectivity index (χ0n) is 15.0. The highest BCUT2D eigenvalue weighted by molar-refractivity contribution is 7.89. The number of nitrogens with zero attached hydrogens (tertiary/aromatic N) is 3. The fourth-order valence-electron chi connectivity index (χ4n) is 2.35. The monoisotopic (exact) mass is 391 g/mol. The molecule has 1 fully saturated rings. The van der Waals surface area contributed by atoms with Gasteiger partial charge in [-0.15, -0.1) is 0 Å². The van der Waals surface area contributed by atoms with Crippen molar-refractivity contribution in [1.82, 2.24) is 19.2 Å². The molecule has 0 atom stereocenters. The van der Waals surface area contributed by atoms with Crippen LogP contribution in [-0.4, -0.2) is 54.2 Å². The van der Waals surface area contributed by atoms with Gasteiger partial charge in [0.25, 0.3) is 15.9 Å². The maximum atomic E-state index is 12.2. The van der Waals surface area contributed by atoms with Crippen LogP contribution in [0.25, 0.3) is 0 Å². The molecule has 9 nitrogen and oxygen atoms in total. The van der Waals surface area contributed by atoms with E-state index in [1.165, 1.54) is 31.2 Å². The molecule has 1 saturated carbocycles. The van der Waals surface area contributed by atoms with E-state index in [0.717, 1.165) is 17.1 Å². The molecule has 1 heterocycles. The second kappa shape index (κ2) is 7.49. The lowest BCUT2D eigenvalue weighted by atomic mass is 10.2. The number of benzene rings is 1. The Morgan fingerprint density at radius 2 is 2.04 bits per heavy atom. The Kier molecular flexibility index (Phi) is 5.29. The molecule has 0 bridgehead atoms. The van der Waals surface area contributed by atoms with Crippen molar-refractivity contribution in [2.75, 3.05) is 19.4 Å². The van der Waals surface area contributed by atoms with Crippen LogP contribution in [0.2, 0.25) is 0 Å². The molecule has 2 amide bonds. The number of rotatable bonds is 7. The smallest absolute Gasteiger partial charge is 0.261 e. The predicted molar refractivity (Wildman–Crippen MR) is 98.7 cm³/mol. The lowest BCUT2D eigenvalue weighted by Crippen LogP contribution is -2.25. The zero-order chi connectivity index (χ0) is 19.6. The van der Waals surface area contributed by atoms with Crippen LogP contribution in [0.1, 0.15) is 23.2 Å². The van der Waals surface area contributed by atoms with Crippen molar-refractivity contribution >= 4 is 27.5 Å². The van der Waals surface area contributed by atoms with Gasteiger partial charge in [-0.3, -0.25) is 9.59 Å². The summed E-state index contributed by atoms with van der Waals surface area (Å²) in [5.74, 6) is -0.525. The average molecular weight is 391 g/mol. The summed E-state index contributed by atoms with van der Waals surface area (Å²) in [4.78, 5) is 28.1. The fourth-order valence-corrected chi connectivity index (χ4v) is 3.17. The van der Waals surface area contributed by atoms with Gasteiger partial charge in [0.15, 0.2) is 5.03 Å². The first-order chi connectivity index (χ1) is 12.8. The number of nitrogens with one attached hydrogen (secondary N) is 2. The largest absolute Gasteiger partial charge is 0.349 e. The van der Waals surface area contributed by atoms with Gasteiger partial charge < -0.3 is 15.2 Å². The van der Waals surface area contributed by atoms with Crippen molar-refractivity contribution in [1.29, 1.82) is 0 Å². The van der Waals surface area contributed by atoms with Crippen molar-refractivity contribution in [2.24, 2.45) is 0 Å². The second-order valence-electron chi connectivity index (χ2n) is 6.55. The molecule has 1 aromatic heterocycles. The highest BCUT2D eigenvalue weighted by atomic mass is 32.2. The van der Waals surface area contributed by atoms with Crippen LogP contribution >= 0.6 is 0 Å². The van der Waals surface area contributed by atoms with E-state index in [2.05, 4.69) is 15.6 Å². The van der Waals surface area contributed by atoms with Gasteiger partial charge in [0, 0.05) is 37.6 Å². The lowest BCUT2D eigenvalue weighted by Gasteiger charge is -2.09. The quantitative estimate of drug-likeness (QED) is 0.720. The molecule has 0 spiro atoms. The Labute approximate surface area is 157 Å². The van der Waals surface area contributed by atoms with Crippen molar-refractivity contribution in [3.63, 3.8) is 0 Å². The van der Waals surface area contributed by atoms with Crippen molar-refractivity contribution < 1.29 is 18.0 Å². The van der Waals surface area contributed by atoms with E-state index in [0.29, 0.717) is 11.3 Å². The summed E-state index contributed by atoms with van der Waals surface area (Å²) in [7, 11) is -0.825. The predicted octanol–water partition coefficient (Wildman–Crippen LogP) is 0.664. The van der Waals surface area contributed by atoms with E-state index in [1.54, 1.807) is 24.3 Å². The van der Waals surface area contributed by atoms with Crippen molar-refractivity contribution in [3.8, 4) is 0 Å². The summed E-state index contributed by atoms with van der Waals surface area (Å²) in [5.41, 5.74) is 0.964. The highest BCUT2D eigenvalue weighted by Crippen LogP contribution is 2.20. The van der Waals surface area contributed by atoms with E-state index in [9.17, 15) is 18.0 Å². The number of anilines is 1. The van der Waals surface area contributed by atoms with E-state index in [1.807, 2.05) is 0 Å². The first-order valence-electron chi connectivity index (χ1n) is 8.41. The van der Waals surface area contributed by atoms with Crippen LogP contribution in [0.15, 0.2) is 41.8 Å². The molecule has 0 saturated heterocycles. The van der Waals surface area contributed by atoms with Crippen LogP contribution < -0.4 is 10.6 Å².